The predicted molar refractivity (Wildman–Crippen MR) is 97.7 cm³/mol. The van der Waals surface area contributed by atoms with Crippen molar-refractivity contribution >= 4 is 34.0 Å². The maximum atomic E-state index is 12.5. The molecule has 1 aliphatic rings. The first-order chi connectivity index (χ1) is 10.9. The average molecular weight is 376 g/mol. The number of nitrogens with one attached hydrogen (secondary N) is 2. The molecule has 4 N–H and O–H groups in total. The van der Waals surface area contributed by atoms with Gasteiger partial charge in [0, 0.05) is 25.2 Å². The maximum Gasteiger partial charge on any atom is 0.240 e. The second kappa shape index (κ2) is 9.36. The number of carbonyl (C=O) groups excluding carboxylic acids is 1. The Kier molecular flexibility index (Phi) is 8.15. The monoisotopic (exact) mass is 375 g/mol. The van der Waals surface area contributed by atoms with Crippen molar-refractivity contribution in [1.29, 1.82) is 0 Å². The summed E-state index contributed by atoms with van der Waals surface area (Å²) in [5.41, 5.74) is 6.36. The van der Waals surface area contributed by atoms with E-state index in [0.717, 1.165) is 25.7 Å². The lowest BCUT2D eigenvalue weighted by molar-refractivity contribution is -0.114. The second-order valence-corrected chi connectivity index (χ2v) is 7.78. The topological polar surface area (TPSA) is 101 Å². The van der Waals surface area contributed by atoms with E-state index in [9.17, 15) is 13.2 Å². The van der Waals surface area contributed by atoms with Gasteiger partial charge in [-0.1, -0.05) is 19.3 Å². The zero-order valence-electron chi connectivity index (χ0n) is 13.8. The van der Waals surface area contributed by atoms with E-state index in [1.54, 1.807) is 12.1 Å². The van der Waals surface area contributed by atoms with E-state index in [1.807, 2.05) is 0 Å². The molecule has 1 aromatic rings. The summed E-state index contributed by atoms with van der Waals surface area (Å²) in [5.74, 6) is 0.112. The van der Waals surface area contributed by atoms with Gasteiger partial charge in [-0.25, -0.2) is 13.1 Å². The molecule has 1 saturated carbocycles. The summed E-state index contributed by atoms with van der Waals surface area (Å²) in [6, 6.07) is 5.90. The Balaban J connectivity index is 0.00000288. The minimum absolute atomic E-state index is 0. The molecule has 0 aliphatic heterocycles. The van der Waals surface area contributed by atoms with Gasteiger partial charge in [-0.3, -0.25) is 4.79 Å². The fourth-order valence-electron chi connectivity index (χ4n) is 3.06. The van der Waals surface area contributed by atoms with Crippen LogP contribution in [0.5, 0.6) is 0 Å². The van der Waals surface area contributed by atoms with Gasteiger partial charge < -0.3 is 11.1 Å². The van der Waals surface area contributed by atoms with Crippen LogP contribution in [0.3, 0.4) is 0 Å². The average Bonchev–Trinajstić information content (AvgIpc) is 2.53. The lowest BCUT2D eigenvalue weighted by Crippen LogP contribution is -2.45. The summed E-state index contributed by atoms with van der Waals surface area (Å²) in [5, 5.41) is 2.61. The fourth-order valence-corrected chi connectivity index (χ4v) is 4.38. The predicted octanol–water partition coefficient (Wildman–Crippen LogP) is 2.25. The Hall–Kier alpha value is -1.15. The van der Waals surface area contributed by atoms with Crippen molar-refractivity contribution in [2.24, 2.45) is 11.7 Å². The summed E-state index contributed by atoms with van der Waals surface area (Å²) in [6.45, 7) is 1.70. The Labute approximate surface area is 150 Å². The molecule has 0 radical (unpaired) electrons. The van der Waals surface area contributed by atoms with E-state index in [2.05, 4.69) is 10.0 Å². The van der Waals surface area contributed by atoms with Crippen LogP contribution in [0.25, 0.3) is 0 Å². The Bertz CT molecular complexity index is 628. The molecule has 0 bridgehead atoms. The van der Waals surface area contributed by atoms with Crippen molar-refractivity contribution in [2.75, 3.05) is 11.9 Å². The lowest BCUT2D eigenvalue weighted by atomic mass is 9.84. The first kappa shape index (κ1) is 20.9. The zero-order valence-corrected chi connectivity index (χ0v) is 15.5. The van der Waals surface area contributed by atoms with Gasteiger partial charge in [-0.2, -0.15) is 0 Å². The van der Waals surface area contributed by atoms with Crippen molar-refractivity contribution in [3.05, 3.63) is 24.3 Å². The number of sulfonamides is 1. The van der Waals surface area contributed by atoms with Crippen molar-refractivity contribution in [1.82, 2.24) is 4.72 Å². The normalized spacial score (nSPS) is 16.9. The summed E-state index contributed by atoms with van der Waals surface area (Å²) < 4.78 is 27.8. The van der Waals surface area contributed by atoms with Crippen LogP contribution in [0.15, 0.2) is 29.2 Å². The van der Waals surface area contributed by atoms with Gasteiger partial charge in [-0.15, -0.1) is 12.4 Å². The Morgan fingerprint density at radius 1 is 1.21 bits per heavy atom. The maximum absolute atomic E-state index is 12.5. The van der Waals surface area contributed by atoms with Gasteiger partial charge in [0.1, 0.15) is 0 Å². The molecule has 1 unspecified atom stereocenters. The van der Waals surface area contributed by atoms with Crippen LogP contribution in [-0.4, -0.2) is 26.9 Å². The first-order valence-electron chi connectivity index (χ1n) is 8.02. The molecule has 136 valence electrons. The quantitative estimate of drug-likeness (QED) is 0.709. The highest BCUT2D eigenvalue weighted by atomic mass is 35.5. The van der Waals surface area contributed by atoms with Crippen molar-refractivity contribution in [2.45, 2.75) is 50.0 Å². The molecule has 1 fully saturated rings. The van der Waals surface area contributed by atoms with Crippen LogP contribution in [0.1, 0.15) is 39.0 Å². The number of halogens is 1. The zero-order chi connectivity index (χ0) is 16.9. The number of rotatable bonds is 6. The van der Waals surface area contributed by atoms with E-state index >= 15 is 0 Å². The van der Waals surface area contributed by atoms with Crippen molar-refractivity contribution in [3.63, 3.8) is 0 Å². The molecule has 0 heterocycles. The standard InChI is InChI=1S/C16H25N3O3S.ClH/c1-12(20)18-14-7-9-15(10-8-14)23(21,22)19-16(11-17)13-5-3-2-4-6-13;/h7-10,13,16,19H,2-6,11,17H2,1H3,(H,18,20);1H. The third-order valence-electron chi connectivity index (χ3n) is 4.26. The van der Waals surface area contributed by atoms with Gasteiger partial charge in [0.15, 0.2) is 0 Å². The molecular formula is C16H26ClN3O3S. The van der Waals surface area contributed by atoms with E-state index < -0.39 is 10.0 Å². The molecule has 0 spiro atoms. The lowest BCUT2D eigenvalue weighted by Gasteiger charge is -2.29. The summed E-state index contributed by atoms with van der Waals surface area (Å²) in [7, 11) is -3.61. The largest absolute Gasteiger partial charge is 0.329 e. The Morgan fingerprint density at radius 2 is 1.79 bits per heavy atom. The molecule has 1 aromatic carbocycles. The van der Waals surface area contributed by atoms with Crippen LogP contribution >= 0.6 is 12.4 Å². The van der Waals surface area contributed by atoms with Gasteiger partial charge in [0.05, 0.1) is 4.90 Å². The highest BCUT2D eigenvalue weighted by Crippen LogP contribution is 2.27. The van der Waals surface area contributed by atoms with Crippen LogP contribution < -0.4 is 15.8 Å². The number of carbonyl (C=O) groups is 1. The van der Waals surface area contributed by atoms with Crippen LogP contribution in [0.4, 0.5) is 5.69 Å². The number of hydrogen-bond donors (Lipinski definition) is 3. The molecule has 1 atom stereocenters. The van der Waals surface area contributed by atoms with Crippen molar-refractivity contribution < 1.29 is 13.2 Å². The van der Waals surface area contributed by atoms with E-state index in [4.69, 9.17) is 5.73 Å². The minimum atomic E-state index is -3.61. The van der Waals surface area contributed by atoms with Gasteiger partial charge in [0.2, 0.25) is 15.9 Å². The van der Waals surface area contributed by atoms with E-state index in [1.165, 1.54) is 25.5 Å². The highest BCUT2D eigenvalue weighted by Gasteiger charge is 2.27. The van der Waals surface area contributed by atoms with Crippen molar-refractivity contribution in [3.8, 4) is 0 Å². The molecule has 0 saturated heterocycles. The highest BCUT2D eigenvalue weighted by molar-refractivity contribution is 7.89. The molecule has 8 heteroatoms. The molecule has 24 heavy (non-hydrogen) atoms. The molecule has 6 nitrogen and oxygen atoms in total. The molecule has 1 amide bonds. The number of anilines is 1. The minimum Gasteiger partial charge on any atom is -0.329 e. The number of nitrogens with two attached hydrogens (primary N) is 1. The molecule has 2 rings (SSSR count). The summed E-state index contributed by atoms with van der Waals surface area (Å²) in [4.78, 5) is 11.2. The number of hydrogen-bond acceptors (Lipinski definition) is 4. The van der Waals surface area contributed by atoms with E-state index in [-0.39, 0.29) is 29.3 Å². The van der Waals surface area contributed by atoms with E-state index in [0.29, 0.717) is 18.2 Å². The third kappa shape index (κ3) is 5.73. The molecular weight excluding hydrogens is 350 g/mol. The fraction of sp³-hybridized carbons (Fsp3) is 0.562. The van der Waals surface area contributed by atoms with Crippen LogP contribution in [0, 0.1) is 5.92 Å². The molecule has 0 aromatic heterocycles. The van der Waals surface area contributed by atoms with Gasteiger partial charge in [0.25, 0.3) is 0 Å². The number of amides is 1. The summed E-state index contributed by atoms with van der Waals surface area (Å²) >= 11 is 0. The first-order valence-corrected chi connectivity index (χ1v) is 9.51. The second-order valence-electron chi connectivity index (χ2n) is 6.07. The number of benzene rings is 1. The van der Waals surface area contributed by atoms with Crippen LogP contribution in [-0.2, 0) is 14.8 Å². The smallest absolute Gasteiger partial charge is 0.240 e. The van der Waals surface area contributed by atoms with Crippen LogP contribution in [0.2, 0.25) is 0 Å². The van der Waals surface area contributed by atoms with Gasteiger partial charge in [-0.05, 0) is 43.0 Å². The molecule has 1 aliphatic carbocycles. The summed E-state index contributed by atoms with van der Waals surface area (Å²) in [6.07, 6.45) is 5.52. The SMILES string of the molecule is CC(=O)Nc1ccc(S(=O)(=O)NC(CN)C2CCCCC2)cc1.Cl. The van der Waals surface area contributed by atoms with Gasteiger partial charge >= 0.3 is 0 Å². The third-order valence-corrected chi connectivity index (χ3v) is 5.77. The Morgan fingerprint density at radius 3 is 2.29 bits per heavy atom.